The van der Waals surface area contributed by atoms with Crippen LogP contribution >= 0.6 is 23.2 Å². The van der Waals surface area contributed by atoms with E-state index in [0.29, 0.717) is 16.3 Å². The van der Waals surface area contributed by atoms with Crippen molar-refractivity contribution in [3.63, 3.8) is 0 Å². The number of nitrogens with one attached hydrogen (secondary N) is 2. The highest BCUT2D eigenvalue weighted by atomic mass is 35.5. The first-order valence-corrected chi connectivity index (χ1v) is 12.4. The van der Waals surface area contributed by atoms with Gasteiger partial charge in [-0.05, 0) is 42.0 Å². The second-order valence-corrected chi connectivity index (χ2v) is 10.2. The maximum atomic E-state index is 15.4. The zero-order valence-corrected chi connectivity index (χ0v) is 21.6. The molecule has 5 rings (SSSR count). The molecular weight excluding hydrogens is 534 g/mol. The lowest BCUT2D eigenvalue weighted by atomic mass is 9.74. The number of methoxy groups -OCH3 is 1. The molecule has 2 aliphatic heterocycles. The molecule has 1 amide bonds. The fourth-order valence-electron chi connectivity index (χ4n) is 5.50. The van der Waals surface area contributed by atoms with Crippen LogP contribution in [0.3, 0.4) is 0 Å². The van der Waals surface area contributed by atoms with Crippen LogP contribution in [-0.2, 0) is 15.1 Å². The lowest BCUT2D eigenvalue weighted by Crippen LogP contribution is -2.49. The zero-order valence-electron chi connectivity index (χ0n) is 20.1. The molecule has 4 atom stereocenters. The number of Topliss-reactive ketones (excluding diaryl/α,β-unsaturated/α-hetero) is 1. The van der Waals surface area contributed by atoms with E-state index in [9.17, 15) is 14.4 Å². The van der Waals surface area contributed by atoms with Gasteiger partial charge in [-0.25, -0.2) is 9.18 Å². The highest BCUT2D eigenvalue weighted by Gasteiger charge is 2.62. The van der Waals surface area contributed by atoms with E-state index >= 15 is 4.39 Å². The van der Waals surface area contributed by atoms with Crippen LogP contribution in [0, 0.1) is 5.82 Å². The van der Waals surface area contributed by atoms with Crippen LogP contribution in [0.5, 0.6) is 0 Å². The Bertz CT molecular complexity index is 1500. The molecule has 2 aliphatic rings. The smallest absolute Gasteiger partial charge is 0.337 e. The van der Waals surface area contributed by atoms with Gasteiger partial charge in [0.1, 0.15) is 11.4 Å². The highest BCUT2D eigenvalue weighted by Crippen LogP contribution is 2.52. The molecule has 1 spiro atoms. The predicted octanol–water partition coefficient (Wildman–Crippen LogP) is 4.00. The van der Waals surface area contributed by atoms with Crippen molar-refractivity contribution in [2.75, 3.05) is 18.2 Å². The van der Waals surface area contributed by atoms with Crippen LogP contribution in [0.25, 0.3) is 0 Å². The minimum atomic E-state index is -1.50. The Balaban J connectivity index is 1.59. The van der Waals surface area contributed by atoms with Gasteiger partial charge in [0, 0.05) is 51.9 Å². The number of carbonyl (C=O) groups excluding carboxylic acids is 3. The molecule has 11 heteroatoms. The Morgan fingerprint density at radius 2 is 1.89 bits per heavy atom. The summed E-state index contributed by atoms with van der Waals surface area (Å²) in [6.07, 6.45) is -0.188. The van der Waals surface area contributed by atoms with Gasteiger partial charge in [0.05, 0.1) is 17.7 Å². The molecule has 0 aliphatic carbocycles. The number of carbonyl (C=O) groups is 3. The average Bonchev–Trinajstić information content (AvgIpc) is 3.32. The van der Waals surface area contributed by atoms with Gasteiger partial charge in [-0.3, -0.25) is 14.9 Å². The summed E-state index contributed by atoms with van der Waals surface area (Å²) < 4.78 is 20.1. The lowest BCUT2D eigenvalue weighted by Gasteiger charge is -2.31. The third kappa shape index (κ3) is 4.03. The van der Waals surface area contributed by atoms with Gasteiger partial charge in [-0.1, -0.05) is 41.4 Å². The number of amides is 1. The quantitative estimate of drug-likeness (QED) is 0.212. The minimum Gasteiger partial charge on any atom is -0.465 e. The second-order valence-electron chi connectivity index (χ2n) is 9.32. The van der Waals surface area contributed by atoms with Gasteiger partial charge < -0.3 is 21.5 Å². The van der Waals surface area contributed by atoms with Crippen LogP contribution in [-0.4, -0.2) is 36.9 Å². The molecule has 1 saturated heterocycles. The maximum Gasteiger partial charge on any atom is 0.337 e. The van der Waals surface area contributed by atoms with Crippen molar-refractivity contribution < 1.29 is 23.5 Å². The number of rotatable bonds is 5. The van der Waals surface area contributed by atoms with Crippen molar-refractivity contribution in [1.29, 1.82) is 0 Å². The van der Waals surface area contributed by atoms with E-state index in [4.69, 9.17) is 39.4 Å². The number of nitrogen functional groups attached to an aromatic ring is 1. The number of anilines is 2. The molecule has 0 radical (unpaired) electrons. The number of esters is 1. The molecule has 3 aromatic rings. The van der Waals surface area contributed by atoms with Gasteiger partial charge >= 0.3 is 5.97 Å². The summed E-state index contributed by atoms with van der Waals surface area (Å²) in [6, 6.07) is 12.0. The number of benzene rings is 3. The Labute approximate surface area is 227 Å². The topological polar surface area (TPSA) is 137 Å². The predicted molar refractivity (Wildman–Crippen MR) is 142 cm³/mol. The van der Waals surface area contributed by atoms with Crippen LogP contribution in [0.2, 0.25) is 10.0 Å². The number of hydrogen-bond acceptors (Lipinski definition) is 7. The number of halogens is 3. The van der Waals surface area contributed by atoms with Crippen molar-refractivity contribution in [3.8, 4) is 0 Å². The van der Waals surface area contributed by atoms with Crippen LogP contribution < -0.4 is 22.1 Å². The van der Waals surface area contributed by atoms with Gasteiger partial charge in [-0.2, -0.15) is 0 Å². The van der Waals surface area contributed by atoms with Gasteiger partial charge in [-0.15, -0.1) is 0 Å². The summed E-state index contributed by atoms with van der Waals surface area (Å²) in [5.74, 6) is -3.13. The Hall–Kier alpha value is -3.50. The molecular formula is C27H23Cl2FN4O4. The van der Waals surface area contributed by atoms with E-state index in [0.717, 1.165) is 0 Å². The molecule has 0 bridgehead atoms. The summed E-state index contributed by atoms with van der Waals surface area (Å²) in [5.41, 5.74) is 12.8. The average molecular weight is 557 g/mol. The first kappa shape index (κ1) is 26.1. The number of fused-ring (bicyclic) bond motifs is 2. The minimum absolute atomic E-state index is 0.108. The van der Waals surface area contributed by atoms with Crippen molar-refractivity contribution >= 4 is 52.2 Å². The standard InChI is InChI=1S/C27H23Cl2FN4O4/c1-38-25(36)12-5-8-18(31)15(9-12)21(35)11-20-24(32)22(14-3-2-4-17(29)23(14)30)27(34-20)16-7-6-13(28)10-19(16)33-26(27)37/h2-10,20,22,24,34H,11,31-32H2,1H3,(H,33,37)/t20-,22-,24+,27+/m0/s1. The Kier molecular flexibility index (Phi) is 6.65. The lowest BCUT2D eigenvalue weighted by molar-refractivity contribution is -0.122. The number of hydrogen-bond donors (Lipinski definition) is 4. The van der Waals surface area contributed by atoms with Crippen LogP contribution in [0.4, 0.5) is 15.8 Å². The largest absolute Gasteiger partial charge is 0.465 e. The molecule has 6 N–H and O–H groups in total. The van der Waals surface area contributed by atoms with E-state index in [1.54, 1.807) is 24.3 Å². The van der Waals surface area contributed by atoms with E-state index in [2.05, 4.69) is 10.6 Å². The third-order valence-corrected chi connectivity index (χ3v) is 7.77. The summed E-state index contributed by atoms with van der Waals surface area (Å²) in [7, 11) is 1.23. The third-order valence-electron chi connectivity index (χ3n) is 7.24. The number of ketones is 1. The first-order chi connectivity index (χ1) is 18.1. The van der Waals surface area contributed by atoms with E-state index in [-0.39, 0.29) is 33.8 Å². The fraction of sp³-hybridized carbons (Fsp3) is 0.222. The summed E-state index contributed by atoms with van der Waals surface area (Å²) >= 11 is 12.3. The molecule has 1 fully saturated rings. The second kappa shape index (κ2) is 9.67. The van der Waals surface area contributed by atoms with E-state index in [1.165, 1.54) is 37.4 Å². The molecule has 38 heavy (non-hydrogen) atoms. The highest BCUT2D eigenvalue weighted by molar-refractivity contribution is 6.31. The number of nitrogens with two attached hydrogens (primary N) is 2. The first-order valence-electron chi connectivity index (χ1n) is 11.7. The molecule has 0 unspecified atom stereocenters. The molecule has 3 aromatic carbocycles. The zero-order chi connectivity index (χ0) is 27.4. The SMILES string of the molecule is COC(=O)c1ccc(N)c(C(=O)C[C@@H]2N[C@@]3(C(=O)Nc4cc(Cl)ccc43)[C@@H](c3cccc(Cl)c3F)[C@@H]2N)c1. The monoisotopic (exact) mass is 556 g/mol. The van der Waals surface area contributed by atoms with Gasteiger partial charge in [0.25, 0.3) is 0 Å². The van der Waals surface area contributed by atoms with Crippen LogP contribution in [0.15, 0.2) is 54.6 Å². The van der Waals surface area contributed by atoms with Crippen molar-refractivity contribution in [1.82, 2.24) is 5.32 Å². The van der Waals surface area contributed by atoms with Crippen LogP contribution in [0.1, 0.15) is 44.2 Å². The maximum absolute atomic E-state index is 15.4. The molecule has 196 valence electrons. The molecule has 8 nitrogen and oxygen atoms in total. The molecule has 0 saturated carbocycles. The molecule has 0 aromatic heterocycles. The summed E-state index contributed by atoms with van der Waals surface area (Å²) in [5, 5.41) is 6.36. The Morgan fingerprint density at radius 3 is 2.63 bits per heavy atom. The summed E-state index contributed by atoms with van der Waals surface area (Å²) in [6.45, 7) is 0. The van der Waals surface area contributed by atoms with E-state index < -0.39 is 47.0 Å². The summed E-state index contributed by atoms with van der Waals surface area (Å²) in [4.78, 5) is 39.0. The van der Waals surface area contributed by atoms with Gasteiger partial charge in [0.15, 0.2) is 5.78 Å². The fourth-order valence-corrected chi connectivity index (χ4v) is 5.85. The van der Waals surface area contributed by atoms with Crippen molar-refractivity contribution in [2.24, 2.45) is 5.73 Å². The van der Waals surface area contributed by atoms with E-state index in [1.807, 2.05) is 0 Å². The van der Waals surface area contributed by atoms with Crippen molar-refractivity contribution in [2.45, 2.75) is 30.0 Å². The normalized spacial score (nSPS) is 23.8. The molecule has 2 heterocycles. The van der Waals surface area contributed by atoms with Gasteiger partial charge in [0.2, 0.25) is 5.91 Å². The van der Waals surface area contributed by atoms with Crippen molar-refractivity contribution in [3.05, 3.63) is 92.7 Å². The number of ether oxygens (including phenoxy) is 1. The Morgan fingerprint density at radius 1 is 1.13 bits per heavy atom.